The maximum atomic E-state index is 11.1. The highest BCUT2D eigenvalue weighted by Gasteiger charge is 2.09. The zero-order valence-corrected chi connectivity index (χ0v) is 22.0. The number of nitrogens with one attached hydrogen (secondary N) is 1. The first-order chi connectivity index (χ1) is 13.3. The third kappa shape index (κ3) is 37.9. The lowest BCUT2D eigenvalue weighted by atomic mass is 10.00. The van der Waals surface area contributed by atoms with Crippen molar-refractivity contribution in [3.05, 3.63) is 0 Å². The van der Waals surface area contributed by atoms with Gasteiger partial charge in [0.25, 0.3) is 0 Å². The minimum Gasteiger partial charge on any atom is -0.396 e. The number of aliphatic hydroxyl groups is 1. The number of carbonyl (C=O) groups is 2. The molecule has 7 nitrogen and oxygen atoms in total. The van der Waals surface area contributed by atoms with Crippen LogP contribution in [0, 0.1) is 17.8 Å². The Bertz CT molecular complexity index is 347. The molecule has 29 heavy (non-hydrogen) atoms. The lowest BCUT2D eigenvalue weighted by molar-refractivity contribution is 0.203. The van der Waals surface area contributed by atoms with Crippen LogP contribution < -0.4 is 11.1 Å². The molecule has 4 N–H and O–H groups in total. The lowest BCUT2D eigenvalue weighted by Gasteiger charge is -2.19. The van der Waals surface area contributed by atoms with Gasteiger partial charge >= 0.3 is 12.1 Å². The first-order valence-corrected chi connectivity index (χ1v) is 10.8. The molecule has 4 amide bonds. The predicted octanol–water partition coefficient (Wildman–Crippen LogP) is 4.64. The average molecular weight is 423 g/mol. The molecule has 0 aliphatic heterocycles. The van der Waals surface area contributed by atoms with Gasteiger partial charge in [0.15, 0.2) is 0 Å². The summed E-state index contributed by atoms with van der Waals surface area (Å²) in [5, 5.41) is 11.4. The van der Waals surface area contributed by atoms with Gasteiger partial charge in [-0.1, -0.05) is 62.3 Å². The Morgan fingerprint density at radius 3 is 1.34 bits per heavy atom. The molecule has 0 saturated heterocycles. The van der Waals surface area contributed by atoms with Gasteiger partial charge in [0.05, 0.1) is 0 Å². The second-order valence-electron chi connectivity index (χ2n) is 7.51. The summed E-state index contributed by atoms with van der Waals surface area (Å²) in [6.07, 6.45) is 1.03. The normalized spacial score (nSPS) is 10.9. The summed E-state index contributed by atoms with van der Waals surface area (Å²) in [6.45, 7) is 20.9. The van der Waals surface area contributed by atoms with Crippen LogP contribution in [0.5, 0.6) is 0 Å². The zero-order valence-electron chi connectivity index (χ0n) is 22.0. The van der Waals surface area contributed by atoms with E-state index in [0.717, 1.165) is 6.42 Å². The highest BCUT2D eigenvalue weighted by molar-refractivity contribution is 5.73. The molecule has 2 unspecified atom stereocenters. The van der Waals surface area contributed by atoms with Crippen LogP contribution >= 0.6 is 0 Å². The minimum atomic E-state index is -0.407. The van der Waals surface area contributed by atoms with E-state index in [-0.39, 0.29) is 12.1 Å². The quantitative estimate of drug-likeness (QED) is 0.601. The zero-order chi connectivity index (χ0) is 24.7. The molecule has 0 saturated carbocycles. The van der Waals surface area contributed by atoms with Gasteiger partial charge in [-0.15, -0.1) is 0 Å². The maximum absolute atomic E-state index is 11.1. The molecule has 0 aromatic heterocycles. The van der Waals surface area contributed by atoms with E-state index in [9.17, 15) is 9.59 Å². The number of nitrogens with zero attached hydrogens (tertiary/aromatic N) is 2. The van der Waals surface area contributed by atoms with Crippen LogP contribution in [-0.4, -0.2) is 67.8 Å². The van der Waals surface area contributed by atoms with Gasteiger partial charge in [0.2, 0.25) is 0 Å². The summed E-state index contributed by atoms with van der Waals surface area (Å²) in [6, 6.07) is -0.155. The molecule has 0 aromatic rings. The van der Waals surface area contributed by atoms with Gasteiger partial charge in [-0.3, -0.25) is 0 Å². The van der Waals surface area contributed by atoms with Crippen LogP contribution in [0.1, 0.15) is 75.7 Å². The Morgan fingerprint density at radius 1 is 0.862 bits per heavy atom. The smallest absolute Gasteiger partial charge is 0.317 e. The molecule has 180 valence electrons. The Kier molecular flexibility index (Phi) is 34.9. The van der Waals surface area contributed by atoms with Gasteiger partial charge in [-0.05, 0) is 31.1 Å². The number of primary amides is 1. The Hall–Kier alpha value is -1.50. The summed E-state index contributed by atoms with van der Waals surface area (Å²) >= 11 is 0. The van der Waals surface area contributed by atoms with Crippen molar-refractivity contribution in [2.24, 2.45) is 23.5 Å². The van der Waals surface area contributed by atoms with E-state index in [4.69, 9.17) is 10.8 Å². The molecule has 7 heteroatoms. The molecule has 2 atom stereocenters. The third-order valence-electron chi connectivity index (χ3n) is 3.47. The first kappa shape index (κ1) is 38.1. The van der Waals surface area contributed by atoms with Crippen LogP contribution in [0.4, 0.5) is 9.59 Å². The highest BCUT2D eigenvalue weighted by atomic mass is 16.3. The van der Waals surface area contributed by atoms with Crippen molar-refractivity contribution < 1.29 is 14.7 Å². The SMILES string of the molecule is CC.CC.CC(C)C(C)CO.CC(C)CC(C)NC(=O)N(C)C.CN(C)C(N)=O. The molecule has 0 aliphatic rings. The number of rotatable bonds is 5. The monoisotopic (exact) mass is 422 g/mol. The molecule has 0 heterocycles. The molecule has 0 fully saturated rings. The fourth-order valence-electron chi connectivity index (χ4n) is 1.32. The van der Waals surface area contributed by atoms with Gasteiger partial charge in [0.1, 0.15) is 0 Å². The lowest BCUT2D eigenvalue weighted by Crippen LogP contribution is -2.40. The van der Waals surface area contributed by atoms with Crippen LogP contribution in [0.2, 0.25) is 0 Å². The Labute approximate surface area is 182 Å². The van der Waals surface area contributed by atoms with Gasteiger partial charge in [-0.25, -0.2) is 9.59 Å². The summed E-state index contributed by atoms with van der Waals surface area (Å²) in [5.74, 6) is 1.70. The van der Waals surface area contributed by atoms with Crippen molar-refractivity contribution in [3.63, 3.8) is 0 Å². The summed E-state index contributed by atoms with van der Waals surface area (Å²) in [4.78, 5) is 23.9. The van der Waals surface area contributed by atoms with Crippen molar-refractivity contribution in [1.82, 2.24) is 15.1 Å². The predicted molar refractivity (Wildman–Crippen MR) is 128 cm³/mol. The van der Waals surface area contributed by atoms with Crippen LogP contribution in [0.25, 0.3) is 0 Å². The second kappa shape index (κ2) is 26.5. The van der Waals surface area contributed by atoms with Crippen LogP contribution in [-0.2, 0) is 0 Å². The first-order valence-electron chi connectivity index (χ1n) is 10.8. The van der Waals surface area contributed by atoms with E-state index < -0.39 is 6.03 Å². The van der Waals surface area contributed by atoms with E-state index in [1.165, 1.54) is 4.90 Å². The highest BCUT2D eigenvalue weighted by Crippen LogP contribution is 2.06. The Morgan fingerprint density at radius 2 is 1.21 bits per heavy atom. The molecule has 0 spiro atoms. The number of hydrogen-bond donors (Lipinski definition) is 3. The Balaban J connectivity index is -0.0000000969. The number of aliphatic hydroxyl groups excluding tert-OH is 1. The largest absolute Gasteiger partial charge is 0.396 e. The third-order valence-corrected chi connectivity index (χ3v) is 3.47. The van der Waals surface area contributed by atoms with Crippen molar-refractivity contribution in [1.29, 1.82) is 0 Å². The number of amides is 4. The molecule has 0 aromatic carbocycles. The molecule has 0 aliphatic carbocycles. The van der Waals surface area contributed by atoms with E-state index in [1.54, 1.807) is 33.1 Å². The second-order valence-corrected chi connectivity index (χ2v) is 7.51. The van der Waals surface area contributed by atoms with Crippen molar-refractivity contribution in [2.45, 2.75) is 81.7 Å². The molecular weight excluding hydrogens is 368 g/mol. The minimum absolute atomic E-state index is 0.0110. The van der Waals surface area contributed by atoms with Crippen molar-refractivity contribution in [3.8, 4) is 0 Å². The van der Waals surface area contributed by atoms with Crippen molar-refractivity contribution >= 4 is 12.1 Å². The van der Waals surface area contributed by atoms with E-state index in [2.05, 4.69) is 33.0 Å². The maximum Gasteiger partial charge on any atom is 0.317 e. The van der Waals surface area contributed by atoms with Gasteiger partial charge < -0.3 is 26.0 Å². The van der Waals surface area contributed by atoms with E-state index in [1.807, 2.05) is 41.5 Å². The van der Waals surface area contributed by atoms with Crippen LogP contribution in [0.15, 0.2) is 0 Å². The summed E-state index contributed by atoms with van der Waals surface area (Å²) in [7, 11) is 6.69. The number of nitrogens with two attached hydrogens (primary N) is 1. The fourth-order valence-corrected chi connectivity index (χ4v) is 1.32. The van der Waals surface area contributed by atoms with E-state index >= 15 is 0 Å². The van der Waals surface area contributed by atoms with Crippen LogP contribution in [0.3, 0.4) is 0 Å². The average Bonchev–Trinajstić information content (AvgIpc) is 2.64. The summed E-state index contributed by atoms with van der Waals surface area (Å²) in [5.41, 5.74) is 4.72. The van der Waals surface area contributed by atoms with E-state index in [0.29, 0.717) is 24.4 Å². The standard InChI is InChI=1S/C9H20N2O.C6H14O.C3H8N2O.2C2H6/c1-7(2)6-8(3)10-9(12)11(4)5;1-5(2)6(3)4-7;1-5(2)3(4)6;2*1-2/h7-8H,6H2,1-5H3,(H,10,12);5-7H,4H2,1-3H3;1-2H3,(H2,4,6);2*1-2H3. The number of urea groups is 2. The number of carbonyl (C=O) groups excluding carboxylic acids is 2. The molecule has 0 rings (SSSR count). The number of hydrogen-bond acceptors (Lipinski definition) is 3. The topological polar surface area (TPSA) is 98.9 Å². The fraction of sp³-hybridized carbons (Fsp3) is 0.909. The van der Waals surface area contributed by atoms with Gasteiger partial charge in [-0.2, -0.15) is 0 Å². The molecule has 0 bridgehead atoms. The summed E-state index contributed by atoms with van der Waals surface area (Å²) < 4.78 is 0. The van der Waals surface area contributed by atoms with Crippen molar-refractivity contribution in [2.75, 3.05) is 34.8 Å². The van der Waals surface area contributed by atoms with Gasteiger partial charge in [0, 0.05) is 40.8 Å². The molecular formula is C22H54N4O3. The molecule has 0 radical (unpaired) electrons.